The van der Waals surface area contributed by atoms with E-state index in [-0.39, 0.29) is 18.6 Å². The van der Waals surface area contributed by atoms with Crippen LogP contribution in [0.15, 0.2) is 24.5 Å². The second-order valence-electron chi connectivity index (χ2n) is 7.97. The number of hydrogen-bond acceptors (Lipinski definition) is 6. The van der Waals surface area contributed by atoms with E-state index in [4.69, 9.17) is 0 Å². The van der Waals surface area contributed by atoms with Gasteiger partial charge in [0.2, 0.25) is 0 Å². The lowest BCUT2D eigenvalue weighted by Gasteiger charge is -2.37. The van der Waals surface area contributed by atoms with Crippen molar-refractivity contribution in [2.75, 3.05) is 37.7 Å². The first-order chi connectivity index (χ1) is 13.6. The number of anilines is 1. The fourth-order valence-corrected chi connectivity index (χ4v) is 4.52. The Labute approximate surface area is 165 Å². The van der Waals surface area contributed by atoms with Gasteiger partial charge in [0.1, 0.15) is 0 Å². The second-order valence-corrected chi connectivity index (χ2v) is 7.97. The summed E-state index contributed by atoms with van der Waals surface area (Å²) in [7, 11) is 0. The smallest absolute Gasteiger partial charge is 0.335 e. The molecule has 2 aliphatic heterocycles. The van der Waals surface area contributed by atoms with E-state index >= 15 is 0 Å². The number of imide groups is 2. The van der Waals surface area contributed by atoms with Gasteiger partial charge in [-0.25, -0.2) is 9.69 Å². The third kappa shape index (κ3) is 3.48. The number of nitrogens with zero attached hydrogens (tertiary/aromatic N) is 5. The number of amides is 4. The second kappa shape index (κ2) is 7.87. The molecule has 3 fully saturated rings. The van der Waals surface area contributed by atoms with E-state index < -0.39 is 17.8 Å². The fourth-order valence-electron chi connectivity index (χ4n) is 4.52. The number of aromatic nitrogens is 1. The molecular weight excluding hydrogens is 358 g/mol. The summed E-state index contributed by atoms with van der Waals surface area (Å²) >= 11 is 0. The van der Waals surface area contributed by atoms with Gasteiger partial charge in [0.15, 0.2) is 0 Å². The van der Waals surface area contributed by atoms with Crippen molar-refractivity contribution in [1.29, 1.82) is 0 Å². The van der Waals surface area contributed by atoms with Gasteiger partial charge in [-0.15, -0.1) is 0 Å². The molecule has 28 heavy (non-hydrogen) atoms. The predicted molar refractivity (Wildman–Crippen MR) is 103 cm³/mol. The average Bonchev–Trinajstić information content (AvgIpc) is 2.93. The minimum atomic E-state index is -0.681. The van der Waals surface area contributed by atoms with Crippen molar-refractivity contribution in [3.8, 4) is 0 Å². The maximum atomic E-state index is 12.9. The van der Waals surface area contributed by atoms with E-state index in [0.29, 0.717) is 0 Å². The lowest BCUT2D eigenvalue weighted by Crippen LogP contribution is -2.52. The van der Waals surface area contributed by atoms with Crippen LogP contribution < -0.4 is 4.90 Å². The van der Waals surface area contributed by atoms with Crippen LogP contribution in [0.1, 0.15) is 32.6 Å². The Morgan fingerprint density at radius 1 is 0.964 bits per heavy atom. The third-order valence-corrected chi connectivity index (χ3v) is 6.22. The van der Waals surface area contributed by atoms with Gasteiger partial charge in [-0.2, -0.15) is 0 Å². The van der Waals surface area contributed by atoms with Crippen LogP contribution >= 0.6 is 0 Å². The normalized spacial score (nSPS) is 27.0. The van der Waals surface area contributed by atoms with Gasteiger partial charge < -0.3 is 4.90 Å². The summed E-state index contributed by atoms with van der Waals surface area (Å²) in [6, 6.07) is 3.37. The van der Waals surface area contributed by atoms with Crippen LogP contribution in [-0.4, -0.2) is 76.4 Å². The first kappa shape index (κ1) is 18.9. The zero-order valence-corrected chi connectivity index (χ0v) is 16.3. The SMILES string of the molecule is C[C@H]1CCCC[C@H]1N1C(=O)C(=O)N(CN2CCN(c3ccncc3)CC2)C1=O. The number of carbonyl (C=O) groups excluding carboxylic acids is 3. The minimum absolute atomic E-state index is 0.147. The van der Waals surface area contributed by atoms with Crippen LogP contribution in [-0.2, 0) is 9.59 Å². The van der Waals surface area contributed by atoms with Crippen molar-refractivity contribution in [3.63, 3.8) is 0 Å². The van der Waals surface area contributed by atoms with E-state index in [0.717, 1.165) is 62.4 Å². The van der Waals surface area contributed by atoms with E-state index in [1.165, 1.54) is 4.90 Å². The van der Waals surface area contributed by atoms with Crippen LogP contribution in [0.2, 0.25) is 0 Å². The van der Waals surface area contributed by atoms with Crippen molar-refractivity contribution in [1.82, 2.24) is 19.7 Å². The molecule has 0 unspecified atom stereocenters. The first-order valence-electron chi connectivity index (χ1n) is 10.1. The highest BCUT2D eigenvalue weighted by Gasteiger charge is 2.49. The van der Waals surface area contributed by atoms with E-state index in [1.807, 2.05) is 12.1 Å². The quantitative estimate of drug-likeness (QED) is 0.578. The Kier molecular flexibility index (Phi) is 5.30. The molecule has 3 aliphatic rings. The maximum Gasteiger partial charge on any atom is 0.335 e. The van der Waals surface area contributed by atoms with E-state index in [9.17, 15) is 14.4 Å². The van der Waals surface area contributed by atoms with Crippen LogP contribution in [0, 0.1) is 5.92 Å². The van der Waals surface area contributed by atoms with Gasteiger partial charge in [0.05, 0.1) is 6.67 Å². The number of pyridine rings is 1. The maximum absolute atomic E-state index is 12.9. The molecule has 0 spiro atoms. The molecule has 0 N–H and O–H groups in total. The lowest BCUT2D eigenvalue weighted by atomic mass is 9.85. The van der Waals surface area contributed by atoms with Crippen LogP contribution in [0.25, 0.3) is 0 Å². The van der Waals surface area contributed by atoms with Gasteiger partial charge in [-0.05, 0) is 30.9 Å². The van der Waals surface area contributed by atoms with Gasteiger partial charge in [0, 0.05) is 50.3 Å². The molecule has 0 bridgehead atoms. The molecule has 0 aromatic carbocycles. The number of piperazine rings is 1. The Morgan fingerprint density at radius 2 is 1.64 bits per heavy atom. The molecule has 8 nitrogen and oxygen atoms in total. The third-order valence-electron chi connectivity index (χ3n) is 6.22. The molecule has 1 saturated carbocycles. The molecule has 3 heterocycles. The summed E-state index contributed by atoms with van der Waals surface area (Å²) in [5.74, 6) is -1.09. The molecule has 4 amide bonds. The molecule has 2 saturated heterocycles. The van der Waals surface area contributed by atoms with Crippen molar-refractivity contribution >= 4 is 23.5 Å². The van der Waals surface area contributed by atoms with Gasteiger partial charge in [-0.3, -0.25) is 24.4 Å². The standard InChI is InChI=1S/C20H27N5O3/c1-15-4-2-3-5-17(15)25-19(27)18(26)24(20(25)28)14-22-10-12-23(13-11-22)16-6-8-21-9-7-16/h6-9,15,17H,2-5,10-14H2,1H3/t15-,17+/m0/s1. The molecule has 0 radical (unpaired) electrons. The number of rotatable bonds is 4. The molecule has 1 aromatic rings. The summed E-state index contributed by atoms with van der Waals surface area (Å²) in [6.07, 6.45) is 7.45. The van der Waals surface area contributed by atoms with E-state index in [1.54, 1.807) is 12.4 Å². The summed E-state index contributed by atoms with van der Waals surface area (Å²) < 4.78 is 0. The highest BCUT2D eigenvalue weighted by molar-refractivity contribution is 6.44. The lowest BCUT2D eigenvalue weighted by molar-refractivity contribution is -0.145. The molecule has 4 rings (SSSR count). The average molecular weight is 385 g/mol. The van der Waals surface area contributed by atoms with Crippen molar-refractivity contribution in [2.24, 2.45) is 5.92 Å². The van der Waals surface area contributed by atoms with Crippen molar-refractivity contribution in [3.05, 3.63) is 24.5 Å². The highest BCUT2D eigenvalue weighted by Crippen LogP contribution is 2.31. The molecule has 1 aromatic heterocycles. The van der Waals surface area contributed by atoms with E-state index in [2.05, 4.69) is 21.7 Å². The summed E-state index contributed by atoms with van der Waals surface area (Å²) in [6.45, 7) is 5.32. The van der Waals surface area contributed by atoms with Crippen LogP contribution in [0.4, 0.5) is 10.5 Å². The Balaban J connectivity index is 1.38. The molecule has 8 heteroatoms. The number of hydrogen-bond donors (Lipinski definition) is 0. The van der Waals surface area contributed by atoms with Gasteiger partial charge in [-0.1, -0.05) is 19.8 Å². The summed E-state index contributed by atoms with van der Waals surface area (Å²) in [5.41, 5.74) is 1.12. The van der Waals surface area contributed by atoms with Crippen molar-refractivity contribution < 1.29 is 14.4 Å². The Bertz CT molecular complexity index is 747. The van der Waals surface area contributed by atoms with Gasteiger partial charge >= 0.3 is 17.8 Å². The Morgan fingerprint density at radius 3 is 2.32 bits per heavy atom. The highest BCUT2D eigenvalue weighted by atomic mass is 16.2. The zero-order valence-electron chi connectivity index (χ0n) is 16.3. The van der Waals surface area contributed by atoms with Gasteiger partial charge in [0.25, 0.3) is 0 Å². The largest absolute Gasteiger partial charge is 0.369 e. The minimum Gasteiger partial charge on any atom is -0.369 e. The van der Waals surface area contributed by atoms with Crippen LogP contribution in [0.5, 0.6) is 0 Å². The fraction of sp³-hybridized carbons (Fsp3) is 0.600. The Hall–Kier alpha value is -2.48. The topological polar surface area (TPSA) is 77.1 Å². The van der Waals surface area contributed by atoms with Crippen molar-refractivity contribution in [2.45, 2.75) is 38.6 Å². The number of carbonyl (C=O) groups is 3. The molecule has 150 valence electrons. The molecular formula is C20H27N5O3. The zero-order chi connectivity index (χ0) is 19.7. The summed E-state index contributed by atoms with van der Waals surface area (Å²) in [5, 5.41) is 0. The monoisotopic (exact) mass is 385 g/mol. The summed E-state index contributed by atoms with van der Waals surface area (Å²) in [4.78, 5) is 48.7. The number of urea groups is 1. The molecule has 2 atom stereocenters. The first-order valence-corrected chi connectivity index (χ1v) is 10.1. The predicted octanol–water partition coefficient (Wildman–Crippen LogP) is 1.53. The molecule has 1 aliphatic carbocycles. The van der Waals surface area contributed by atoms with Crippen LogP contribution in [0.3, 0.4) is 0 Å².